The SMILES string of the molecule is CCc1ccccc1CCO[PH](=S)S. The van der Waals surface area contributed by atoms with Gasteiger partial charge < -0.3 is 4.52 Å². The van der Waals surface area contributed by atoms with E-state index in [0.29, 0.717) is 6.61 Å². The summed E-state index contributed by atoms with van der Waals surface area (Å²) in [6.45, 7) is 2.86. The van der Waals surface area contributed by atoms with Crippen molar-refractivity contribution in [2.24, 2.45) is 0 Å². The van der Waals surface area contributed by atoms with E-state index in [4.69, 9.17) is 16.3 Å². The third kappa shape index (κ3) is 4.14. The molecular formula is C10H15OPS2. The summed E-state index contributed by atoms with van der Waals surface area (Å²) in [5.41, 5.74) is 2.76. The van der Waals surface area contributed by atoms with Gasteiger partial charge in [0, 0.05) is 0 Å². The number of benzene rings is 1. The molecule has 1 aromatic carbocycles. The molecule has 1 unspecified atom stereocenters. The molecule has 4 heteroatoms. The van der Waals surface area contributed by atoms with E-state index in [9.17, 15) is 0 Å². The monoisotopic (exact) mass is 246 g/mol. The van der Waals surface area contributed by atoms with E-state index in [-0.39, 0.29) is 0 Å². The van der Waals surface area contributed by atoms with Crippen LogP contribution in [0.2, 0.25) is 0 Å². The lowest BCUT2D eigenvalue weighted by atomic mass is 10.0. The van der Waals surface area contributed by atoms with E-state index in [1.165, 1.54) is 11.1 Å². The molecule has 0 saturated heterocycles. The van der Waals surface area contributed by atoms with Gasteiger partial charge in [-0.05, 0) is 24.0 Å². The van der Waals surface area contributed by atoms with E-state index < -0.39 is 6.13 Å². The van der Waals surface area contributed by atoms with Crippen LogP contribution >= 0.6 is 18.4 Å². The summed E-state index contributed by atoms with van der Waals surface area (Å²) in [6, 6.07) is 8.45. The Balaban J connectivity index is 2.53. The van der Waals surface area contributed by atoms with Crippen LogP contribution in [-0.2, 0) is 29.2 Å². The highest BCUT2D eigenvalue weighted by Gasteiger charge is 1.99. The first-order chi connectivity index (χ1) is 6.74. The second-order valence-corrected chi connectivity index (χ2v) is 7.05. The largest absolute Gasteiger partial charge is 0.344 e. The quantitative estimate of drug-likeness (QED) is 0.631. The van der Waals surface area contributed by atoms with E-state index in [1.54, 1.807) is 0 Å². The van der Waals surface area contributed by atoms with E-state index in [0.717, 1.165) is 12.8 Å². The molecule has 0 saturated carbocycles. The highest BCUT2D eigenvalue weighted by molar-refractivity contribution is 8.54. The fraction of sp³-hybridized carbons (Fsp3) is 0.400. The first-order valence-electron chi connectivity index (χ1n) is 4.66. The fourth-order valence-electron chi connectivity index (χ4n) is 1.39. The highest BCUT2D eigenvalue weighted by Crippen LogP contribution is 2.27. The highest BCUT2D eigenvalue weighted by atomic mass is 32.9. The molecule has 0 spiro atoms. The van der Waals surface area contributed by atoms with Crippen molar-refractivity contribution in [2.75, 3.05) is 6.61 Å². The average molecular weight is 246 g/mol. The molecule has 0 amide bonds. The Morgan fingerprint density at radius 3 is 2.57 bits per heavy atom. The first-order valence-corrected chi connectivity index (χ1v) is 8.49. The Hall–Kier alpha value is 0.180. The zero-order chi connectivity index (χ0) is 10.4. The molecule has 1 aromatic rings. The molecule has 0 radical (unpaired) electrons. The van der Waals surface area contributed by atoms with Gasteiger partial charge in [-0.1, -0.05) is 43.0 Å². The number of thiol groups is 1. The van der Waals surface area contributed by atoms with Gasteiger partial charge in [-0.15, -0.1) is 12.2 Å². The summed E-state index contributed by atoms with van der Waals surface area (Å²) in [5.74, 6) is 0. The predicted molar refractivity (Wildman–Crippen MR) is 70.1 cm³/mol. The van der Waals surface area contributed by atoms with Crippen LogP contribution in [0, 0.1) is 0 Å². The summed E-state index contributed by atoms with van der Waals surface area (Å²) in [4.78, 5) is 0. The predicted octanol–water partition coefficient (Wildman–Crippen LogP) is 3.24. The molecule has 1 nitrogen and oxygen atoms in total. The Bertz CT molecular complexity index is 315. The van der Waals surface area contributed by atoms with Crippen LogP contribution < -0.4 is 0 Å². The van der Waals surface area contributed by atoms with Gasteiger partial charge in [0.1, 0.15) is 6.13 Å². The smallest absolute Gasteiger partial charge is 0.104 e. The molecule has 1 rings (SSSR count). The van der Waals surface area contributed by atoms with Gasteiger partial charge in [-0.2, -0.15) is 0 Å². The molecule has 0 fully saturated rings. The number of hydrogen-bond acceptors (Lipinski definition) is 2. The summed E-state index contributed by atoms with van der Waals surface area (Å²) >= 11 is 8.99. The summed E-state index contributed by atoms with van der Waals surface area (Å²) in [5, 5.41) is 0. The number of rotatable bonds is 5. The summed E-state index contributed by atoms with van der Waals surface area (Å²) in [6.07, 6.45) is 0.766. The molecule has 1 atom stereocenters. The van der Waals surface area contributed by atoms with Gasteiger partial charge in [-0.25, -0.2) is 0 Å². The van der Waals surface area contributed by atoms with Crippen LogP contribution in [0.4, 0.5) is 0 Å². The Labute approximate surface area is 96.5 Å². The van der Waals surface area contributed by atoms with Crippen molar-refractivity contribution in [3.63, 3.8) is 0 Å². The lowest BCUT2D eigenvalue weighted by Gasteiger charge is -2.07. The van der Waals surface area contributed by atoms with Crippen molar-refractivity contribution >= 4 is 30.2 Å². The maximum atomic E-state index is 5.33. The Kier molecular flexibility index (Phi) is 5.80. The van der Waals surface area contributed by atoms with Crippen LogP contribution in [0.5, 0.6) is 0 Å². The maximum Gasteiger partial charge on any atom is 0.104 e. The molecule has 0 aliphatic heterocycles. The number of hydrogen-bond donors (Lipinski definition) is 1. The zero-order valence-corrected chi connectivity index (χ0v) is 10.9. The summed E-state index contributed by atoms with van der Waals surface area (Å²) < 4.78 is 5.33. The van der Waals surface area contributed by atoms with Crippen molar-refractivity contribution in [1.29, 1.82) is 0 Å². The maximum absolute atomic E-state index is 5.33. The van der Waals surface area contributed by atoms with Gasteiger partial charge in [0.2, 0.25) is 0 Å². The van der Waals surface area contributed by atoms with Gasteiger partial charge in [-0.3, -0.25) is 0 Å². The summed E-state index contributed by atoms with van der Waals surface area (Å²) in [7, 11) is 0. The topological polar surface area (TPSA) is 9.23 Å². The van der Waals surface area contributed by atoms with Crippen molar-refractivity contribution in [3.8, 4) is 0 Å². The molecule has 0 N–H and O–H groups in total. The third-order valence-corrected chi connectivity index (χ3v) is 3.29. The van der Waals surface area contributed by atoms with E-state index >= 15 is 0 Å². The Morgan fingerprint density at radius 1 is 1.36 bits per heavy atom. The van der Waals surface area contributed by atoms with Crippen molar-refractivity contribution in [1.82, 2.24) is 0 Å². The molecule has 14 heavy (non-hydrogen) atoms. The minimum Gasteiger partial charge on any atom is -0.344 e. The van der Waals surface area contributed by atoms with Crippen LogP contribution in [-0.4, -0.2) is 6.61 Å². The fourth-order valence-corrected chi connectivity index (χ4v) is 2.20. The standard InChI is InChI=1S/C10H15OPS2/c1-2-9-5-3-4-6-10(9)7-8-11-12(13)14/h3-6,12H,2,7-8H2,1H3,(H,13,14). The molecule has 0 aliphatic carbocycles. The zero-order valence-electron chi connectivity index (χ0n) is 8.19. The second kappa shape index (κ2) is 6.62. The Morgan fingerprint density at radius 2 is 2.00 bits per heavy atom. The molecular weight excluding hydrogens is 231 g/mol. The molecule has 0 bridgehead atoms. The van der Waals surface area contributed by atoms with E-state index in [1.807, 2.05) is 0 Å². The van der Waals surface area contributed by atoms with Crippen LogP contribution in [0.1, 0.15) is 18.1 Å². The molecule has 0 aliphatic rings. The first kappa shape index (κ1) is 12.3. The van der Waals surface area contributed by atoms with Gasteiger partial charge in [0.15, 0.2) is 0 Å². The number of aryl methyl sites for hydroxylation is 1. The molecule has 78 valence electrons. The van der Waals surface area contributed by atoms with Gasteiger partial charge >= 0.3 is 0 Å². The van der Waals surface area contributed by atoms with E-state index in [2.05, 4.69) is 43.4 Å². The normalized spacial score (nSPS) is 12.7. The lowest BCUT2D eigenvalue weighted by molar-refractivity contribution is 0.373. The lowest BCUT2D eigenvalue weighted by Crippen LogP contribution is -1.97. The van der Waals surface area contributed by atoms with Crippen LogP contribution in [0.3, 0.4) is 0 Å². The molecule has 0 heterocycles. The van der Waals surface area contributed by atoms with Crippen molar-refractivity contribution in [2.45, 2.75) is 19.8 Å². The van der Waals surface area contributed by atoms with Gasteiger partial charge in [0.25, 0.3) is 0 Å². The minimum absolute atomic E-state index is 0.693. The third-order valence-electron chi connectivity index (χ3n) is 2.10. The molecule has 0 aromatic heterocycles. The minimum atomic E-state index is -1.25. The second-order valence-electron chi connectivity index (χ2n) is 2.99. The van der Waals surface area contributed by atoms with Crippen molar-refractivity contribution in [3.05, 3.63) is 35.4 Å². The average Bonchev–Trinajstić information content (AvgIpc) is 2.18. The van der Waals surface area contributed by atoms with Crippen LogP contribution in [0.25, 0.3) is 0 Å². The van der Waals surface area contributed by atoms with Crippen LogP contribution in [0.15, 0.2) is 24.3 Å². The van der Waals surface area contributed by atoms with Gasteiger partial charge in [0.05, 0.1) is 6.61 Å². The van der Waals surface area contributed by atoms with Crippen molar-refractivity contribution < 1.29 is 4.52 Å².